The van der Waals surface area contributed by atoms with Crippen LogP contribution in [0.5, 0.6) is 0 Å². The van der Waals surface area contributed by atoms with Gasteiger partial charge in [0.15, 0.2) is 0 Å². The van der Waals surface area contributed by atoms with Gasteiger partial charge in [0.25, 0.3) is 5.91 Å². The number of hydrogen-bond donors (Lipinski definition) is 1. The Kier molecular flexibility index (Phi) is 3.62. The van der Waals surface area contributed by atoms with Gasteiger partial charge in [0.1, 0.15) is 16.5 Å². The first kappa shape index (κ1) is 14.6. The summed E-state index contributed by atoms with van der Waals surface area (Å²) in [6, 6.07) is 5.54. The van der Waals surface area contributed by atoms with Crippen LogP contribution in [0.1, 0.15) is 32.4 Å². The van der Waals surface area contributed by atoms with Crippen LogP contribution in [0, 0.1) is 27.7 Å². The van der Waals surface area contributed by atoms with Crippen LogP contribution in [-0.4, -0.2) is 20.9 Å². The molecule has 3 aromatic rings. The highest BCUT2D eigenvalue weighted by atomic mass is 32.1. The molecule has 0 aliphatic rings. The summed E-state index contributed by atoms with van der Waals surface area (Å²) < 4.78 is 0. The van der Waals surface area contributed by atoms with Gasteiger partial charge in [-0.25, -0.2) is 15.0 Å². The van der Waals surface area contributed by atoms with Crippen molar-refractivity contribution in [1.82, 2.24) is 15.0 Å². The Hall–Kier alpha value is -2.34. The molecule has 0 fully saturated rings. The predicted octanol–water partition coefficient (Wildman–Crippen LogP) is 3.57. The Morgan fingerprint density at radius 3 is 2.59 bits per heavy atom. The Labute approximate surface area is 132 Å². The van der Waals surface area contributed by atoms with Gasteiger partial charge in [-0.05, 0) is 45.4 Å². The zero-order valence-corrected chi connectivity index (χ0v) is 13.7. The number of aromatic nitrogens is 3. The molecular weight excluding hydrogens is 296 g/mol. The fourth-order valence-electron chi connectivity index (χ4n) is 2.48. The van der Waals surface area contributed by atoms with E-state index in [0.717, 1.165) is 33.0 Å². The number of amides is 1. The van der Waals surface area contributed by atoms with Crippen LogP contribution in [0.2, 0.25) is 0 Å². The van der Waals surface area contributed by atoms with Crippen LogP contribution < -0.4 is 5.32 Å². The molecule has 5 nitrogen and oxygen atoms in total. The van der Waals surface area contributed by atoms with Crippen LogP contribution in [0.15, 0.2) is 18.2 Å². The maximum Gasteiger partial charge on any atom is 0.267 e. The maximum atomic E-state index is 12.5. The van der Waals surface area contributed by atoms with Crippen molar-refractivity contribution >= 4 is 33.3 Å². The Morgan fingerprint density at radius 1 is 1.09 bits per heavy atom. The third-order valence-electron chi connectivity index (χ3n) is 3.42. The second-order valence-electron chi connectivity index (χ2n) is 5.21. The van der Waals surface area contributed by atoms with E-state index >= 15 is 0 Å². The van der Waals surface area contributed by atoms with E-state index in [0.29, 0.717) is 10.7 Å². The fraction of sp³-hybridized carbons (Fsp3) is 0.250. The summed E-state index contributed by atoms with van der Waals surface area (Å²) in [5.41, 5.74) is 2.69. The average molecular weight is 312 g/mol. The van der Waals surface area contributed by atoms with E-state index in [-0.39, 0.29) is 5.91 Å². The Morgan fingerprint density at radius 2 is 1.86 bits per heavy atom. The van der Waals surface area contributed by atoms with Crippen molar-refractivity contribution < 1.29 is 4.79 Å². The average Bonchev–Trinajstić information content (AvgIpc) is 2.76. The third kappa shape index (κ3) is 2.57. The largest absolute Gasteiger partial charge is 0.306 e. The molecule has 0 aliphatic heterocycles. The van der Waals surface area contributed by atoms with Gasteiger partial charge >= 0.3 is 0 Å². The molecule has 0 radical (unpaired) electrons. The summed E-state index contributed by atoms with van der Waals surface area (Å²) in [6.45, 7) is 7.63. The first-order valence-electron chi connectivity index (χ1n) is 6.95. The molecule has 0 unspecified atom stereocenters. The SMILES string of the molecule is Cc1cccc(NC(=O)c2sc3nc(C)nc(C)c3c2C)n1. The number of nitrogens with one attached hydrogen (secondary N) is 1. The highest BCUT2D eigenvalue weighted by Gasteiger charge is 2.19. The lowest BCUT2D eigenvalue weighted by molar-refractivity contribution is 0.102. The Balaban J connectivity index is 2.01. The number of anilines is 1. The highest BCUT2D eigenvalue weighted by Crippen LogP contribution is 2.31. The van der Waals surface area contributed by atoms with Gasteiger partial charge in [0.2, 0.25) is 0 Å². The Bertz CT molecular complexity index is 885. The molecule has 6 heteroatoms. The standard InChI is InChI=1S/C16H16N4OS/c1-8-6-5-7-12(17-8)20-15(21)14-9(2)13-10(3)18-11(4)19-16(13)22-14/h5-7H,1-4H3,(H,17,20,21). The molecule has 112 valence electrons. The minimum absolute atomic E-state index is 0.157. The van der Waals surface area contributed by atoms with Crippen LogP contribution in [0.25, 0.3) is 10.2 Å². The number of aryl methyl sites for hydroxylation is 4. The molecule has 0 spiro atoms. The molecule has 0 atom stereocenters. The van der Waals surface area contributed by atoms with Gasteiger partial charge in [-0.15, -0.1) is 11.3 Å². The molecule has 3 aromatic heterocycles. The minimum atomic E-state index is -0.157. The van der Waals surface area contributed by atoms with E-state index in [9.17, 15) is 4.79 Å². The van der Waals surface area contributed by atoms with Crippen LogP contribution in [-0.2, 0) is 0 Å². The number of rotatable bonds is 2. The zero-order chi connectivity index (χ0) is 15.9. The number of nitrogens with zero attached hydrogens (tertiary/aromatic N) is 3. The quantitative estimate of drug-likeness (QED) is 0.785. The van der Waals surface area contributed by atoms with Gasteiger partial charge in [-0.3, -0.25) is 4.79 Å². The first-order valence-corrected chi connectivity index (χ1v) is 7.76. The third-order valence-corrected chi connectivity index (χ3v) is 4.60. The fourth-order valence-corrected chi connectivity index (χ4v) is 3.65. The molecule has 1 N–H and O–H groups in total. The van der Waals surface area contributed by atoms with E-state index in [4.69, 9.17) is 0 Å². The topological polar surface area (TPSA) is 67.8 Å². The number of hydrogen-bond acceptors (Lipinski definition) is 5. The normalized spacial score (nSPS) is 10.9. The van der Waals surface area contributed by atoms with E-state index in [1.54, 1.807) is 6.07 Å². The number of carbonyl (C=O) groups excluding carboxylic acids is 1. The molecule has 0 saturated carbocycles. The predicted molar refractivity (Wildman–Crippen MR) is 88.6 cm³/mol. The van der Waals surface area contributed by atoms with E-state index < -0.39 is 0 Å². The van der Waals surface area contributed by atoms with Crippen LogP contribution in [0.4, 0.5) is 5.82 Å². The highest BCUT2D eigenvalue weighted by molar-refractivity contribution is 7.20. The molecule has 3 heterocycles. The van der Waals surface area contributed by atoms with E-state index in [2.05, 4.69) is 20.3 Å². The summed E-state index contributed by atoms with van der Waals surface area (Å²) >= 11 is 1.39. The molecule has 0 saturated heterocycles. The van der Waals surface area contributed by atoms with Gasteiger partial charge in [-0.1, -0.05) is 6.07 Å². The second kappa shape index (κ2) is 5.46. The van der Waals surface area contributed by atoms with Crippen molar-refractivity contribution in [2.45, 2.75) is 27.7 Å². The molecule has 0 bridgehead atoms. The molecule has 22 heavy (non-hydrogen) atoms. The summed E-state index contributed by atoms with van der Waals surface area (Å²) in [4.78, 5) is 27.1. The second-order valence-corrected chi connectivity index (χ2v) is 6.21. The minimum Gasteiger partial charge on any atom is -0.306 e. The monoisotopic (exact) mass is 312 g/mol. The van der Waals surface area contributed by atoms with Crippen LogP contribution in [0.3, 0.4) is 0 Å². The molecule has 3 rings (SSSR count). The van der Waals surface area contributed by atoms with Gasteiger partial charge in [0.05, 0.1) is 4.88 Å². The number of fused-ring (bicyclic) bond motifs is 1. The summed E-state index contributed by atoms with van der Waals surface area (Å²) in [6.07, 6.45) is 0. The first-order chi connectivity index (χ1) is 10.5. The summed E-state index contributed by atoms with van der Waals surface area (Å²) in [5.74, 6) is 1.12. The molecule has 0 aromatic carbocycles. The van der Waals surface area contributed by atoms with Crippen molar-refractivity contribution in [1.29, 1.82) is 0 Å². The zero-order valence-electron chi connectivity index (χ0n) is 12.9. The van der Waals surface area contributed by atoms with Crippen molar-refractivity contribution in [2.75, 3.05) is 5.32 Å². The molecular formula is C16H16N4OS. The van der Waals surface area contributed by atoms with E-state index in [1.165, 1.54) is 11.3 Å². The lowest BCUT2D eigenvalue weighted by atomic mass is 10.1. The van der Waals surface area contributed by atoms with Crippen molar-refractivity contribution in [2.24, 2.45) is 0 Å². The number of thiophene rings is 1. The summed E-state index contributed by atoms with van der Waals surface area (Å²) in [5, 5.41) is 3.82. The number of pyridine rings is 1. The lowest BCUT2D eigenvalue weighted by Gasteiger charge is -2.04. The summed E-state index contributed by atoms with van der Waals surface area (Å²) in [7, 11) is 0. The van der Waals surface area contributed by atoms with Gasteiger partial charge < -0.3 is 5.32 Å². The van der Waals surface area contributed by atoms with Crippen LogP contribution >= 0.6 is 11.3 Å². The van der Waals surface area contributed by atoms with E-state index in [1.807, 2.05) is 39.8 Å². The smallest absolute Gasteiger partial charge is 0.267 e. The maximum absolute atomic E-state index is 12.5. The number of carbonyl (C=O) groups is 1. The molecule has 0 aliphatic carbocycles. The van der Waals surface area contributed by atoms with Crippen molar-refractivity contribution in [3.8, 4) is 0 Å². The van der Waals surface area contributed by atoms with Crippen molar-refractivity contribution in [3.63, 3.8) is 0 Å². The van der Waals surface area contributed by atoms with Gasteiger partial charge in [0, 0.05) is 16.8 Å². The lowest BCUT2D eigenvalue weighted by Crippen LogP contribution is -2.12. The van der Waals surface area contributed by atoms with Crippen molar-refractivity contribution in [3.05, 3.63) is 45.9 Å². The van der Waals surface area contributed by atoms with Gasteiger partial charge in [-0.2, -0.15) is 0 Å². The molecule has 1 amide bonds.